The fourth-order valence-corrected chi connectivity index (χ4v) is 3.04. The highest BCUT2D eigenvalue weighted by molar-refractivity contribution is 9.10. The van der Waals surface area contributed by atoms with Crippen molar-refractivity contribution in [2.24, 2.45) is 5.92 Å². The summed E-state index contributed by atoms with van der Waals surface area (Å²) in [6, 6.07) is 0. The maximum Gasteiger partial charge on any atom is 0.0327 e. The van der Waals surface area contributed by atoms with Crippen molar-refractivity contribution < 1.29 is 0 Å². The van der Waals surface area contributed by atoms with E-state index in [1.807, 2.05) is 0 Å². The molecule has 3 heteroatoms. The van der Waals surface area contributed by atoms with Gasteiger partial charge in [-0.1, -0.05) is 6.92 Å². The van der Waals surface area contributed by atoms with E-state index in [-0.39, 0.29) is 0 Å². The Labute approximate surface area is 85.5 Å². The number of hydrogen-bond donors (Lipinski definition) is 0. The van der Waals surface area contributed by atoms with Crippen LogP contribution in [0, 0.1) is 5.92 Å². The second-order valence-electron chi connectivity index (χ2n) is 3.54. The topological polar surface area (TPSA) is 3.24 Å². The first kappa shape index (κ1) is 8.73. The van der Waals surface area contributed by atoms with Gasteiger partial charge in [-0.3, -0.25) is 4.90 Å². The number of halogens is 1. The molecule has 1 saturated heterocycles. The Hall–Kier alpha value is 0.140. The number of nitrogens with zero attached hydrogens (tertiary/aromatic N) is 1. The highest BCUT2D eigenvalue weighted by Gasteiger charge is 2.22. The molecular formula is C9H12BrNS. The molecule has 1 aromatic rings. The molecular weight excluding hydrogens is 234 g/mol. The first-order valence-corrected chi connectivity index (χ1v) is 5.92. The van der Waals surface area contributed by atoms with Crippen molar-refractivity contribution in [2.45, 2.75) is 13.5 Å². The minimum absolute atomic E-state index is 0.905. The normalized spacial score (nSPS) is 19.5. The van der Waals surface area contributed by atoms with Gasteiger partial charge in [-0.25, -0.2) is 0 Å². The fraction of sp³-hybridized carbons (Fsp3) is 0.556. The Balaban J connectivity index is 1.92. The molecule has 66 valence electrons. The molecule has 0 unspecified atom stereocenters. The lowest BCUT2D eigenvalue weighted by atomic mass is 10.0. The molecule has 12 heavy (non-hydrogen) atoms. The van der Waals surface area contributed by atoms with E-state index in [2.05, 4.69) is 38.5 Å². The summed E-state index contributed by atoms with van der Waals surface area (Å²) >= 11 is 5.32. The van der Waals surface area contributed by atoms with Gasteiger partial charge in [0.1, 0.15) is 0 Å². The number of likely N-dealkylation sites (tertiary alicyclic amines) is 1. The van der Waals surface area contributed by atoms with Crippen LogP contribution in [0.2, 0.25) is 0 Å². The van der Waals surface area contributed by atoms with E-state index in [0.717, 1.165) is 12.5 Å². The number of hydrogen-bond acceptors (Lipinski definition) is 2. The lowest BCUT2D eigenvalue weighted by Crippen LogP contribution is -2.44. The van der Waals surface area contributed by atoms with E-state index < -0.39 is 0 Å². The lowest BCUT2D eigenvalue weighted by molar-refractivity contribution is 0.105. The molecule has 1 nitrogen and oxygen atoms in total. The average molecular weight is 246 g/mol. The molecule has 1 aromatic heterocycles. The lowest BCUT2D eigenvalue weighted by Gasteiger charge is -2.37. The van der Waals surface area contributed by atoms with Gasteiger partial charge in [0, 0.05) is 29.5 Å². The van der Waals surface area contributed by atoms with Crippen molar-refractivity contribution in [3.63, 3.8) is 0 Å². The zero-order valence-corrected chi connectivity index (χ0v) is 9.49. The monoisotopic (exact) mass is 245 g/mol. The molecule has 0 saturated carbocycles. The van der Waals surface area contributed by atoms with Crippen molar-refractivity contribution in [1.29, 1.82) is 0 Å². The maximum atomic E-state index is 3.55. The van der Waals surface area contributed by atoms with Crippen LogP contribution in [0.5, 0.6) is 0 Å². The quantitative estimate of drug-likeness (QED) is 0.775. The van der Waals surface area contributed by atoms with Gasteiger partial charge in [0.05, 0.1) is 0 Å². The summed E-state index contributed by atoms with van der Waals surface area (Å²) in [7, 11) is 0. The largest absolute Gasteiger partial charge is 0.298 e. The van der Waals surface area contributed by atoms with Crippen LogP contribution in [0.25, 0.3) is 0 Å². The first-order chi connectivity index (χ1) is 5.75. The summed E-state index contributed by atoms with van der Waals surface area (Å²) in [5.41, 5.74) is 1.44. The number of thiophene rings is 1. The van der Waals surface area contributed by atoms with Crippen molar-refractivity contribution >= 4 is 27.3 Å². The Kier molecular flexibility index (Phi) is 2.53. The van der Waals surface area contributed by atoms with Crippen molar-refractivity contribution in [3.05, 3.63) is 20.8 Å². The molecule has 0 spiro atoms. The average Bonchev–Trinajstić information content (AvgIpc) is 2.33. The molecule has 0 amide bonds. The van der Waals surface area contributed by atoms with Gasteiger partial charge in [-0.15, -0.1) is 0 Å². The van der Waals surface area contributed by atoms with Crippen LogP contribution in [-0.2, 0) is 6.54 Å². The Morgan fingerprint density at radius 1 is 1.58 bits per heavy atom. The molecule has 1 aliphatic rings. The van der Waals surface area contributed by atoms with Crippen molar-refractivity contribution in [2.75, 3.05) is 13.1 Å². The molecule has 0 aliphatic carbocycles. The van der Waals surface area contributed by atoms with Crippen molar-refractivity contribution in [1.82, 2.24) is 4.90 Å². The van der Waals surface area contributed by atoms with E-state index >= 15 is 0 Å². The molecule has 0 radical (unpaired) electrons. The minimum Gasteiger partial charge on any atom is -0.298 e. The summed E-state index contributed by atoms with van der Waals surface area (Å²) < 4.78 is 1.27. The Morgan fingerprint density at radius 2 is 2.33 bits per heavy atom. The van der Waals surface area contributed by atoms with E-state index in [1.54, 1.807) is 11.3 Å². The van der Waals surface area contributed by atoms with Crippen LogP contribution >= 0.6 is 27.3 Å². The van der Waals surface area contributed by atoms with Crippen LogP contribution < -0.4 is 0 Å². The SMILES string of the molecule is CC1CN(Cc2cscc2Br)C1. The van der Waals surface area contributed by atoms with E-state index in [1.165, 1.54) is 23.1 Å². The zero-order valence-electron chi connectivity index (χ0n) is 7.09. The Bertz CT molecular complexity index is 265. The summed E-state index contributed by atoms with van der Waals surface area (Å²) in [5.74, 6) is 0.905. The van der Waals surface area contributed by atoms with Crippen LogP contribution in [0.4, 0.5) is 0 Å². The predicted octanol–water partition coefficient (Wildman–Crippen LogP) is 2.96. The molecule has 1 aliphatic heterocycles. The number of rotatable bonds is 2. The van der Waals surface area contributed by atoms with E-state index in [9.17, 15) is 0 Å². The van der Waals surface area contributed by atoms with Crippen LogP contribution in [-0.4, -0.2) is 18.0 Å². The van der Waals surface area contributed by atoms with Gasteiger partial charge < -0.3 is 0 Å². The summed E-state index contributed by atoms with van der Waals surface area (Å²) in [6.45, 7) is 5.96. The second-order valence-corrected chi connectivity index (χ2v) is 5.14. The third-order valence-electron chi connectivity index (χ3n) is 2.22. The third-order valence-corrected chi connectivity index (χ3v) is 4.06. The summed E-state index contributed by atoms with van der Waals surface area (Å²) in [4.78, 5) is 2.48. The van der Waals surface area contributed by atoms with Gasteiger partial charge in [-0.05, 0) is 32.8 Å². The van der Waals surface area contributed by atoms with E-state index in [0.29, 0.717) is 0 Å². The van der Waals surface area contributed by atoms with Crippen LogP contribution in [0.15, 0.2) is 15.2 Å². The minimum atomic E-state index is 0.905. The molecule has 0 aromatic carbocycles. The standard InChI is InChI=1S/C9H12BrNS/c1-7-2-11(3-7)4-8-5-12-6-9(8)10/h5-7H,2-4H2,1H3. The van der Waals surface area contributed by atoms with Crippen LogP contribution in [0.1, 0.15) is 12.5 Å². The molecule has 2 heterocycles. The van der Waals surface area contributed by atoms with Gasteiger partial charge in [0.25, 0.3) is 0 Å². The Morgan fingerprint density at radius 3 is 2.83 bits per heavy atom. The summed E-state index contributed by atoms with van der Waals surface area (Å²) in [6.07, 6.45) is 0. The molecule has 0 bridgehead atoms. The van der Waals surface area contributed by atoms with E-state index in [4.69, 9.17) is 0 Å². The van der Waals surface area contributed by atoms with Gasteiger partial charge in [0.2, 0.25) is 0 Å². The van der Waals surface area contributed by atoms with Gasteiger partial charge in [0.15, 0.2) is 0 Å². The molecule has 0 N–H and O–H groups in total. The molecule has 2 rings (SSSR count). The fourth-order valence-electron chi connectivity index (χ4n) is 1.62. The molecule has 1 fully saturated rings. The highest BCUT2D eigenvalue weighted by Crippen LogP contribution is 2.25. The van der Waals surface area contributed by atoms with Crippen LogP contribution in [0.3, 0.4) is 0 Å². The zero-order chi connectivity index (χ0) is 8.55. The second kappa shape index (κ2) is 3.48. The van der Waals surface area contributed by atoms with Gasteiger partial charge >= 0.3 is 0 Å². The summed E-state index contributed by atoms with van der Waals surface area (Å²) in [5, 5.41) is 4.38. The maximum absolute atomic E-state index is 3.55. The predicted molar refractivity (Wildman–Crippen MR) is 56.5 cm³/mol. The molecule has 0 atom stereocenters. The van der Waals surface area contributed by atoms with Gasteiger partial charge in [-0.2, -0.15) is 11.3 Å². The smallest absolute Gasteiger partial charge is 0.0327 e. The first-order valence-electron chi connectivity index (χ1n) is 4.18. The van der Waals surface area contributed by atoms with Crippen molar-refractivity contribution in [3.8, 4) is 0 Å². The highest BCUT2D eigenvalue weighted by atomic mass is 79.9. The third kappa shape index (κ3) is 1.73.